The van der Waals surface area contributed by atoms with Crippen LogP contribution in [0, 0.1) is 17.6 Å². The first-order valence-electron chi connectivity index (χ1n) is 5.25. The summed E-state index contributed by atoms with van der Waals surface area (Å²) in [7, 11) is 0. The number of halogens is 2. The fourth-order valence-corrected chi connectivity index (χ4v) is 1.85. The summed E-state index contributed by atoms with van der Waals surface area (Å²) >= 11 is 0. The summed E-state index contributed by atoms with van der Waals surface area (Å²) in [6.45, 7) is 0.935. The van der Waals surface area contributed by atoms with Crippen molar-refractivity contribution in [3.8, 4) is 0 Å². The molecule has 1 aromatic rings. The van der Waals surface area contributed by atoms with Crippen LogP contribution in [0.5, 0.6) is 0 Å². The summed E-state index contributed by atoms with van der Waals surface area (Å²) in [5.74, 6) is -1.97. The van der Waals surface area contributed by atoms with Crippen LogP contribution in [-0.4, -0.2) is 19.0 Å². The smallest absolute Gasteiger partial charge is 0.171 e. The van der Waals surface area contributed by atoms with E-state index in [2.05, 4.69) is 0 Å². The van der Waals surface area contributed by atoms with E-state index in [-0.39, 0.29) is 17.3 Å². The standard InChI is InChI=1S/C12H12F2O2/c13-9-3-4-11(14)10(6-9)12(15)8-2-1-5-16-7-8/h3-4,6,8H,1-2,5,7H2. The third-order valence-corrected chi connectivity index (χ3v) is 2.72. The van der Waals surface area contributed by atoms with Crippen LogP contribution in [0.1, 0.15) is 23.2 Å². The first-order valence-corrected chi connectivity index (χ1v) is 5.25. The van der Waals surface area contributed by atoms with Gasteiger partial charge in [0.2, 0.25) is 0 Å². The second-order valence-electron chi connectivity index (χ2n) is 3.90. The van der Waals surface area contributed by atoms with Gasteiger partial charge in [0.15, 0.2) is 5.78 Å². The lowest BCUT2D eigenvalue weighted by atomic mass is 9.92. The van der Waals surface area contributed by atoms with Gasteiger partial charge in [-0.1, -0.05) is 0 Å². The van der Waals surface area contributed by atoms with Crippen LogP contribution in [-0.2, 0) is 4.74 Å². The Bertz CT molecular complexity index is 398. The van der Waals surface area contributed by atoms with Crippen molar-refractivity contribution in [2.24, 2.45) is 5.92 Å². The minimum atomic E-state index is -0.669. The van der Waals surface area contributed by atoms with Gasteiger partial charge >= 0.3 is 0 Å². The van der Waals surface area contributed by atoms with Crippen molar-refractivity contribution in [3.05, 3.63) is 35.4 Å². The number of carbonyl (C=O) groups excluding carboxylic acids is 1. The first-order chi connectivity index (χ1) is 7.68. The fourth-order valence-electron chi connectivity index (χ4n) is 1.85. The van der Waals surface area contributed by atoms with E-state index in [9.17, 15) is 13.6 Å². The van der Waals surface area contributed by atoms with E-state index in [0.29, 0.717) is 19.6 Å². The fraction of sp³-hybridized carbons (Fsp3) is 0.417. The molecule has 0 aromatic heterocycles. The average molecular weight is 226 g/mol. The lowest BCUT2D eigenvalue weighted by Crippen LogP contribution is -2.26. The van der Waals surface area contributed by atoms with Gasteiger partial charge in [-0.25, -0.2) is 8.78 Å². The molecule has 0 saturated carbocycles. The average Bonchev–Trinajstić information content (AvgIpc) is 2.32. The molecule has 0 bridgehead atoms. The number of benzene rings is 1. The van der Waals surface area contributed by atoms with Crippen molar-refractivity contribution in [1.82, 2.24) is 0 Å². The monoisotopic (exact) mass is 226 g/mol. The van der Waals surface area contributed by atoms with Gasteiger partial charge in [-0.3, -0.25) is 4.79 Å². The molecule has 1 atom stereocenters. The molecule has 1 saturated heterocycles. The highest BCUT2D eigenvalue weighted by atomic mass is 19.1. The van der Waals surface area contributed by atoms with Crippen LogP contribution in [0.25, 0.3) is 0 Å². The molecule has 16 heavy (non-hydrogen) atoms. The normalized spacial score (nSPS) is 20.8. The van der Waals surface area contributed by atoms with Gasteiger partial charge in [-0.2, -0.15) is 0 Å². The molecule has 0 amide bonds. The number of hydrogen-bond donors (Lipinski definition) is 0. The minimum Gasteiger partial charge on any atom is -0.381 e. The summed E-state index contributed by atoms with van der Waals surface area (Å²) in [4.78, 5) is 11.9. The van der Waals surface area contributed by atoms with Crippen molar-refractivity contribution >= 4 is 5.78 Å². The molecule has 0 radical (unpaired) electrons. The molecule has 0 aliphatic carbocycles. The molecule has 1 aromatic carbocycles. The topological polar surface area (TPSA) is 26.3 Å². The zero-order valence-corrected chi connectivity index (χ0v) is 8.71. The molecular weight excluding hydrogens is 214 g/mol. The Hall–Kier alpha value is -1.29. The Labute approximate surface area is 92.2 Å². The molecule has 1 aliphatic rings. The SMILES string of the molecule is O=C(c1cc(F)ccc1F)C1CCCOC1. The molecule has 2 rings (SSSR count). The quantitative estimate of drug-likeness (QED) is 0.724. The molecule has 4 heteroatoms. The number of hydrogen-bond acceptors (Lipinski definition) is 2. The summed E-state index contributed by atoms with van der Waals surface area (Å²) < 4.78 is 31.4. The van der Waals surface area contributed by atoms with Crippen molar-refractivity contribution in [1.29, 1.82) is 0 Å². The van der Waals surface area contributed by atoms with Crippen LogP contribution in [0.4, 0.5) is 8.78 Å². The Morgan fingerprint density at radius 2 is 2.19 bits per heavy atom. The third-order valence-electron chi connectivity index (χ3n) is 2.72. The largest absolute Gasteiger partial charge is 0.381 e. The Morgan fingerprint density at radius 3 is 2.88 bits per heavy atom. The second kappa shape index (κ2) is 4.70. The van der Waals surface area contributed by atoms with Crippen LogP contribution >= 0.6 is 0 Å². The van der Waals surface area contributed by atoms with Crippen molar-refractivity contribution in [2.75, 3.05) is 13.2 Å². The highest BCUT2D eigenvalue weighted by Gasteiger charge is 2.25. The lowest BCUT2D eigenvalue weighted by molar-refractivity contribution is 0.0458. The predicted octanol–water partition coefficient (Wildman–Crippen LogP) is 2.57. The summed E-state index contributed by atoms with van der Waals surface area (Å²) in [5, 5.41) is 0. The first kappa shape index (κ1) is 11.2. The van der Waals surface area contributed by atoms with Crippen LogP contribution in [0.3, 0.4) is 0 Å². The highest BCUT2D eigenvalue weighted by Crippen LogP contribution is 2.21. The second-order valence-corrected chi connectivity index (χ2v) is 3.90. The Kier molecular flexibility index (Phi) is 3.29. The van der Waals surface area contributed by atoms with Gasteiger partial charge in [0.25, 0.3) is 0 Å². The van der Waals surface area contributed by atoms with E-state index in [0.717, 1.165) is 24.6 Å². The predicted molar refractivity (Wildman–Crippen MR) is 54.2 cm³/mol. The number of Topliss-reactive ketones (excluding diaryl/α,β-unsaturated/α-hetero) is 1. The summed E-state index contributed by atoms with van der Waals surface area (Å²) in [6, 6.07) is 2.93. The highest BCUT2D eigenvalue weighted by molar-refractivity contribution is 5.98. The maximum atomic E-state index is 13.3. The van der Waals surface area contributed by atoms with E-state index in [1.54, 1.807) is 0 Å². The van der Waals surface area contributed by atoms with Gasteiger partial charge in [0.05, 0.1) is 12.2 Å². The molecule has 1 aliphatic heterocycles. The Balaban J connectivity index is 2.22. The van der Waals surface area contributed by atoms with Crippen molar-refractivity contribution in [2.45, 2.75) is 12.8 Å². The van der Waals surface area contributed by atoms with Gasteiger partial charge in [-0.15, -0.1) is 0 Å². The van der Waals surface area contributed by atoms with E-state index in [1.807, 2.05) is 0 Å². The van der Waals surface area contributed by atoms with Crippen molar-refractivity contribution in [3.63, 3.8) is 0 Å². The molecule has 1 heterocycles. The van der Waals surface area contributed by atoms with Crippen LogP contribution in [0.15, 0.2) is 18.2 Å². The summed E-state index contributed by atoms with van der Waals surface area (Å²) in [6.07, 6.45) is 1.46. The van der Waals surface area contributed by atoms with E-state index >= 15 is 0 Å². The van der Waals surface area contributed by atoms with Gasteiger partial charge < -0.3 is 4.74 Å². The summed E-state index contributed by atoms with van der Waals surface area (Å²) in [5.41, 5.74) is -0.171. The molecule has 0 N–H and O–H groups in total. The number of rotatable bonds is 2. The number of carbonyl (C=O) groups is 1. The Morgan fingerprint density at radius 1 is 1.38 bits per heavy atom. The molecule has 0 spiro atoms. The zero-order chi connectivity index (χ0) is 11.5. The van der Waals surface area contributed by atoms with Gasteiger partial charge in [0, 0.05) is 12.5 Å². The van der Waals surface area contributed by atoms with Crippen LogP contribution < -0.4 is 0 Å². The number of ketones is 1. The van der Waals surface area contributed by atoms with E-state index < -0.39 is 11.6 Å². The third kappa shape index (κ3) is 2.27. The van der Waals surface area contributed by atoms with E-state index in [4.69, 9.17) is 4.74 Å². The lowest BCUT2D eigenvalue weighted by Gasteiger charge is -2.20. The maximum absolute atomic E-state index is 13.3. The molecule has 1 fully saturated rings. The van der Waals surface area contributed by atoms with Gasteiger partial charge in [-0.05, 0) is 31.0 Å². The van der Waals surface area contributed by atoms with E-state index in [1.165, 1.54) is 0 Å². The molecule has 1 unspecified atom stereocenters. The number of ether oxygens (including phenoxy) is 1. The molecule has 2 nitrogen and oxygen atoms in total. The maximum Gasteiger partial charge on any atom is 0.171 e. The van der Waals surface area contributed by atoms with Crippen molar-refractivity contribution < 1.29 is 18.3 Å². The van der Waals surface area contributed by atoms with Gasteiger partial charge in [0.1, 0.15) is 11.6 Å². The minimum absolute atomic E-state index is 0.171. The van der Waals surface area contributed by atoms with Crippen LogP contribution in [0.2, 0.25) is 0 Å². The molecule has 86 valence electrons. The molecular formula is C12H12F2O2. The zero-order valence-electron chi connectivity index (χ0n) is 8.71.